The van der Waals surface area contributed by atoms with Crippen molar-refractivity contribution in [1.29, 1.82) is 0 Å². The maximum absolute atomic E-state index is 14.0. The highest BCUT2D eigenvalue weighted by Gasteiger charge is 2.28. The summed E-state index contributed by atoms with van der Waals surface area (Å²) in [6, 6.07) is 8.63. The minimum absolute atomic E-state index is 0.0740. The van der Waals surface area contributed by atoms with E-state index >= 15 is 0 Å². The van der Waals surface area contributed by atoms with Crippen molar-refractivity contribution in [2.75, 3.05) is 14.1 Å². The smallest absolute Gasteiger partial charge is 0.127 e. The molecule has 112 valence electrons. The lowest BCUT2D eigenvalue weighted by atomic mass is 9.88. The number of hydrogen-bond acceptors (Lipinski definition) is 2. The zero-order valence-corrected chi connectivity index (χ0v) is 12.9. The largest absolute Gasteiger partial charge is 0.317 e. The van der Waals surface area contributed by atoms with E-state index in [0.717, 1.165) is 12.0 Å². The van der Waals surface area contributed by atoms with Crippen LogP contribution in [-0.4, -0.2) is 31.1 Å². The van der Waals surface area contributed by atoms with E-state index in [1.54, 1.807) is 12.1 Å². The zero-order chi connectivity index (χ0) is 14.5. The van der Waals surface area contributed by atoms with Crippen molar-refractivity contribution in [3.8, 4) is 0 Å². The van der Waals surface area contributed by atoms with Crippen LogP contribution in [0.1, 0.15) is 50.6 Å². The van der Waals surface area contributed by atoms with Gasteiger partial charge in [0.15, 0.2) is 0 Å². The van der Waals surface area contributed by atoms with Crippen molar-refractivity contribution in [2.45, 2.75) is 57.2 Å². The summed E-state index contributed by atoms with van der Waals surface area (Å²) in [5, 5.41) is 3.37. The summed E-state index contributed by atoms with van der Waals surface area (Å²) in [6.07, 6.45) is 5.79. The number of benzene rings is 1. The van der Waals surface area contributed by atoms with E-state index in [1.807, 2.05) is 19.2 Å². The van der Waals surface area contributed by atoms with Gasteiger partial charge in [0.1, 0.15) is 5.82 Å². The van der Waals surface area contributed by atoms with Crippen LogP contribution in [-0.2, 0) is 0 Å². The summed E-state index contributed by atoms with van der Waals surface area (Å²) in [4.78, 5) is 2.39. The van der Waals surface area contributed by atoms with Crippen molar-refractivity contribution in [3.63, 3.8) is 0 Å². The second-order valence-corrected chi connectivity index (χ2v) is 5.91. The molecule has 1 aliphatic rings. The third-order valence-electron chi connectivity index (χ3n) is 4.82. The predicted octanol–water partition coefficient (Wildman–Crippen LogP) is 3.74. The first-order valence-corrected chi connectivity index (χ1v) is 7.81. The molecule has 1 saturated carbocycles. The molecule has 1 atom stereocenters. The lowest BCUT2D eigenvalue weighted by Gasteiger charge is -2.39. The van der Waals surface area contributed by atoms with Gasteiger partial charge in [-0.25, -0.2) is 4.39 Å². The van der Waals surface area contributed by atoms with Crippen LogP contribution in [0.3, 0.4) is 0 Å². The molecule has 1 aliphatic carbocycles. The van der Waals surface area contributed by atoms with Gasteiger partial charge >= 0.3 is 0 Å². The van der Waals surface area contributed by atoms with Crippen molar-refractivity contribution >= 4 is 0 Å². The molecule has 0 aliphatic heterocycles. The molecule has 1 aromatic carbocycles. The molecule has 2 nitrogen and oxygen atoms in total. The molecule has 0 amide bonds. The van der Waals surface area contributed by atoms with Crippen molar-refractivity contribution < 1.29 is 4.39 Å². The molecule has 0 bridgehead atoms. The summed E-state index contributed by atoms with van der Waals surface area (Å²) in [5.41, 5.74) is 0.841. The maximum atomic E-state index is 14.0. The fourth-order valence-corrected chi connectivity index (χ4v) is 3.50. The first-order chi connectivity index (χ1) is 9.67. The molecular formula is C17H27FN2. The van der Waals surface area contributed by atoms with Crippen LogP contribution in [0.5, 0.6) is 0 Å². The zero-order valence-electron chi connectivity index (χ0n) is 12.9. The normalized spacial score (nSPS) is 24.9. The van der Waals surface area contributed by atoms with Crippen LogP contribution in [0.25, 0.3) is 0 Å². The Morgan fingerprint density at radius 1 is 1.25 bits per heavy atom. The maximum Gasteiger partial charge on any atom is 0.127 e. The minimum Gasteiger partial charge on any atom is -0.317 e. The summed E-state index contributed by atoms with van der Waals surface area (Å²) in [7, 11) is 4.20. The summed E-state index contributed by atoms with van der Waals surface area (Å²) in [5.74, 6) is -0.0740. The van der Waals surface area contributed by atoms with Crippen molar-refractivity contribution in [1.82, 2.24) is 10.2 Å². The predicted molar refractivity (Wildman–Crippen MR) is 82.3 cm³/mol. The average molecular weight is 278 g/mol. The molecule has 3 heteroatoms. The van der Waals surface area contributed by atoms with Gasteiger partial charge in [0.25, 0.3) is 0 Å². The quantitative estimate of drug-likeness (QED) is 0.882. The van der Waals surface area contributed by atoms with E-state index in [-0.39, 0.29) is 11.9 Å². The SMILES string of the molecule is CCC(c1ccccc1F)N(C)C1CCC(NC)CC1. The average Bonchev–Trinajstić information content (AvgIpc) is 2.50. The molecule has 1 unspecified atom stereocenters. The van der Waals surface area contributed by atoms with E-state index in [0.29, 0.717) is 12.1 Å². The van der Waals surface area contributed by atoms with E-state index < -0.39 is 0 Å². The number of nitrogens with zero attached hydrogens (tertiary/aromatic N) is 1. The lowest BCUT2D eigenvalue weighted by Crippen LogP contribution is -2.41. The molecule has 1 fully saturated rings. The highest BCUT2D eigenvalue weighted by atomic mass is 19.1. The molecule has 0 radical (unpaired) electrons. The highest BCUT2D eigenvalue weighted by molar-refractivity contribution is 5.21. The van der Waals surface area contributed by atoms with Gasteiger partial charge in [-0.05, 0) is 52.3 Å². The minimum atomic E-state index is -0.0740. The lowest BCUT2D eigenvalue weighted by molar-refractivity contribution is 0.122. The molecule has 2 rings (SSSR count). The highest BCUT2D eigenvalue weighted by Crippen LogP contribution is 2.31. The van der Waals surface area contributed by atoms with Crippen LogP contribution in [0.15, 0.2) is 24.3 Å². The fourth-order valence-electron chi connectivity index (χ4n) is 3.50. The van der Waals surface area contributed by atoms with Gasteiger partial charge < -0.3 is 5.32 Å². The standard InChI is InChI=1S/C17H27FN2/c1-4-17(15-7-5-6-8-16(15)18)20(3)14-11-9-13(19-2)10-12-14/h5-8,13-14,17,19H,4,9-12H2,1-3H3. The third-order valence-corrected chi connectivity index (χ3v) is 4.82. The van der Waals surface area contributed by atoms with E-state index in [2.05, 4.69) is 24.2 Å². The number of nitrogens with one attached hydrogen (secondary N) is 1. The number of hydrogen-bond donors (Lipinski definition) is 1. The van der Waals surface area contributed by atoms with Crippen LogP contribution in [0, 0.1) is 5.82 Å². The number of rotatable bonds is 5. The Bertz CT molecular complexity index is 413. The van der Waals surface area contributed by atoms with Gasteiger partial charge in [-0.3, -0.25) is 4.90 Å². The Kier molecular flexibility index (Phi) is 5.55. The fraction of sp³-hybridized carbons (Fsp3) is 0.647. The number of halogens is 1. The van der Waals surface area contributed by atoms with Crippen LogP contribution < -0.4 is 5.32 Å². The molecule has 0 spiro atoms. The molecule has 1 aromatic rings. The Hall–Kier alpha value is -0.930. The first kappa shape index (κ1) is 15.5. The van der Waals surface area contributed by atoms with Crippen LogP contribution >= 0.6 is 0 Å². The summed E-state index contributed by atoms with van der Waals surface area (Å²) >= 11 is 0. The van der Waals surface area contributed by atoms with Gasteiger partial charge in [0, 0.05) is 23.7 Å². The van der Waals surface area contributed by atoms with Gasteiger partial charge in [0.05, 0.1) is 0 Å². The molecule has 0 saturated heterocycles. The van der Waals surface area contributed by atoms with Crippen molar-refractivity contribution in [2.24, 2.45) is 0 Å². The third kappa shape index (κ3) is 3.39. The Balaban J connectivity index is 2.06. The second-order valence-electron chi connectivity index (χ2n) is 5.91. The first-order valence-electron chi connectivity index (χ1n) is 7.81. The van der Waals surface area contributed by atoms with Gasteiger partial charge in [0.2, 0.25) is 0 Å². The van der Waals surface area contributed by atoms with E-state index in [9.17, 15) is 4.39 Å². The molecule has 0 aromatic heterocycles. The Morgan fingerprint density at radius 3 is 2.45 bits per heavy atom. The van der Waals surface area contributed by atoms with Gasteiger partial charge in [-0.1, -0.05) is 25.1 Å². The molecule has 20 heavy (non-hydrogen) atoms. The monoisotopic (exact) mass is 278 g/mol. The summed E-state index contributed by atoms with van der Waals surface area (Å²) < 4.78 is 14.0. The van der Waals surface area contributed by atoms with Crippen molar-refractivity contribution in [3.05, 3.63) is 35.6 Å². The summed E-state index contributed by atoms with van der Waals surface area (Å²) in [6.45, 7) is 2.15. The Morgan fingerprint density at radius 2 is 1.90 bits per heavy atom. The topological polar surface area (TPSA) is 15.3 Å². The Labute approximate surface area is 122 Å². The van der Waals surface area contributed by atoms with Gasteiger partial charge in [-0.15, -0.1) is 0 Å². The van der Waals surface area contributed by atoms with Crippen LogP contribution in [0.4, 0.5) is 4.39 Å². The molecular weight excluding hydrogens is 251 g/mol. The molecule has 0 heterocycles. The molecule has 1 N–H and O–H groups in total. The van der Waals surface area contributed by atoms with Gasteiger partial charge in [-0.2, -0.15) is 0 Å². The van der Waals surface area contributed by atoms with E-state index in [1.165, 1.54) is 25.7 Å². The second kappa shape index (κ2) is 7.19. The van der Waals surface area contributed by atoms with Crippen LogP contribution in [0.2, 0.25) is 0 Å². The van der Waals surface area contributed by atoms with E-state index in [4.69, 9.17) is 0 Å².